The van der Waals surface area contributed by atoms with Crippen LogP contribution in [0.4, 0.5) is 26.3 Å². The van der Waals surface area contributed by atoms with Crippen LogP contribution >= 0.6 is 23.2 Å². The fourth-order valence-corrected chi connectivity index (χ4v) is 2.17. The second-order valence-electron chi connectivity index (χ2n) is 4.38. The predicted molar refractivity (Wildman–Crippen MR) is 71.9 cm³/mol. The van der Waals surface area contributed by atoms with Crippen molar-refractivity contribution >= 4 is 23.2 Å². The summed E-state index contributed by atoms with van der Waals surface area (Å²) in [4.78, 5) is 0. The first-order chi connectivity index (χ1) is 10.00. The molecule has 22 heavy (non-hydrogen) atoms. The molecule has 0 bridgehead atoms. The number of alkyl halides is 6. The molecule has 0 saturated heterocycles. The fraction of sp³-hybridized carbons (Fsp3) is 0.143. The maximum Gasteiger partial charge on any atom is 0.417 e. The Morgan fingerprint density at radius 3 is 1.82 bits per heavy atom. The molecule has 0 saturated carbocycles. The molecule has 0 aliphatic carbocycles. The number of halogens is 8. The van der Waals surface area contributed by atoms with Gasteiger partial charge in [0.05, 0.1) is 21.2 Å². The van der Waals surface area contributed by atoms with Gasteiger partial charge in [0.1, 0.15) is 0 Å². The quantitative estimate of drug-likeness (QED) is 0.497. The van der Waals surface area contributed by atoms with Crippen molar-refractivity contribution in [3.05, 3.63) is 57.6 Å². The van der Waals surface area contributed by atoms with Gasteiger partial charge in [-0.25, -0.2) is 0 Å². The van der Waals surface area contributed by atoms with Gasteiger partial charge >= 0.3 is 12.4 Å². The first-order valence-corrected chi connectivity index (χ1v) is 6.49. The molecule has 2 aromatic rings. The van der Waals surface area contributed by atoms with E-state index in [1.807, 2.05) is 0 Å². The standard InChI is InChI=1S/C14H6Cl2F6/c15-11-4-1-7(5-12(11)16)9-3-2-8(13(17,18)19)6-10(9)14(20,21)22/h1-6H. The van der Waals surface area contributed by atoms with Gasteiger partial charge < -0.3 is 0 Å². The maximum absolute atomic E-state index is 13.1. The van der Waals surface area contributed by atoms with E-state index in [-0.39, 0.29) is 21.7 Å². The third-order valence-electron chi connectivity index (χ3n) is 2.88. The Hall–Kier alpha value is -1.40. The molecule has 0 atom stereocenters. The van der Waals surface area contributed by atoms with Crippen molar-refractivity contribution in [2.24, 2.45) is 0 Å². The zero-order valence-corrected chi connectivity index (χ0v) is 12.0. The average Bonchev–Trinajstić information content (AvgIpc) is 2.39. The van der Waals surface area contributed by atoms with Crippen molar-refractivity contribution in [2.45, 2.75) is 12.4 Å². The summed E-state index contributed by atoms with van der Waals surface area (Å²) in [6, 6.07) is 5.14. The lowest BCUT2D eigenvalue weighted by Gasteiger charge is -2.16. The number of benzene rings is 2. The van der Waals surface area contributed by atoms with E-state index in [2.05, 4.69) is 0 Å². The molecule has 0 amide bonds. The van der Waals surface area contributed by atoms with E-state index >= 15 is 0 Å². The van der Waals surface area contributed by atoms with Crippen molar-refractivity contribution in [1.29, 1.82) is 0 Å². The summed E-state index contributed by atoms with van der Waals surface area (Å²) in [7, 11) is 0. The topological polar surface area (TPSA) is 0 Å². The van der Waals surface area contributed by atoms with Gasteiger partial charge in [-0.1, -0.05) is 35.3 Å². The van der Waals surface area contributed by atoms with Crippen molar-refractivity contribution in [3.63, 3.8) is 0 Å². The first-order valence-electron chi connectivity index (χ1n) is 5.74. The Morgan fingerprint density at radius 1 is 0.682 bits per heavy atom. The van der Waals surface area contributed by atoms with Crippen LogP contribution in [0, 0.1) is 0 Å². The van der Waals surface area contributed by atoms with Gasteiger partial charge in [-0.3, -0.25) is 0 Å². The summed E-state index contributed by atoms with van der Waals surface area (Å²) in [5.41, 5.74) is -3.14. The minimum Gasteiger partial charge on any atom is -0.166 e. The minimum atomic E-state index is -4.94. The molecule has 0 spiro atoms. The zero-order chi connectivity index (χ0) is 16.7. The summed E-state index contributed by atoms with van der Waals surface area (Å²) in [6.45, 7) is 0. The van der Waals surface area contributed by atoms with Crippen LogP contribution in [0.2, 0.25) is 10.0 Å². The van der Waals surface area contributed by atoms with Crippen LogP contribution < -0.4 is 0 Å². The van der Waals surface area contributed by atoms with Crippen LogP contribution in [0.3, 0.4) is 0 Å². The molecule has 0 heterocycles. The lowest BCUT2D eigenvalue weighted by molar-refractivity contribution is -0.142. The van der Waals surface area contributed by atoms with E-state index in [1.165, 1.54) is 18.2 Å². The Labute approximate surface area is 131 Å². The molecular formula is C14H6Cl2F6. The fourth-order valence-electron chi connectivity index (χ4n) is 1.87. The predicted octanol–water partition coefficient (Wildman–Crippen LogP) is 6.70. The van der Waals surface area contributed by atoms with Crippen LogP contribution in [0.1, 0.15) is 11.1 Å². The SMILES string of the molecule is FC(F)(F)c1ccc(-c2ccc(Cl)c(Cl)c2)c(C(F)(F)F)c1. The highest BCUT2D eigenvalue weighted by Gasteiger charge is 2.38. The van der Waals surface area contributed by atoms with Gasteiger partial charge in [0.15, 0.2) is 0 Å². The molecule has 8 heteroatoms. The molecule has 2 rings (SSSR count). The number of hydrogen-bond acceptors (Lipinski definition) is 0. The number of hydrogen-bond donors (Lipinski definition) is 0. The third-order valence-corrected chi connectivity index (χ3v) is 3.62. The summed E-state index contributed by atoms with van der Waals surface area (Å²) in [5.74, 6) is 0. The van der Waals surface area contributed by atoms with E-state index in [0.29, 0.717) is 6.07 Å². The zero-order valence-electron chi connectivity index (χ0n) is 10.5. The van der Waals surface area contributed by atoms with Crippen molar-refractivity contribution < 1.29 is 26.3 Å². The second-order valence-corrected chi connectivity index (χ2v) is 5.20. The minimum absolute atomic E-state index is 0.00666. The van der Waals surface area contributed by atoms with E-state index in [9.17, 15) is 26.3 Å². The molecule has 0 radical (unpaired) electrons. The monoisotopic (exact) mass is 358 g/mol. The second kappa shape index (κ2) is 5.66. The summed E-state index contributed by atoms with van der Waals surface area (Å²) in [6.07, 6.45) is -9.81. The van der Waals surface area contributed by atoms with Gasteiger partial charge in [0.2, 0.25) is 0 Å². The van der Waals surface area contributed by atoms with Crippen molar-refractivity contribution in [2.75, 3.05) is 0 Å². The highest BCUT2D eigenvalue weighted by atomic mass is 35.5. The van der Waals surface area contributed by atoms with Gasteiger partial charge in [-0.05, 0) is 35.4 Å². The third kappa shape index (κ3) is 3.50. The smallest absolute Gasteiger partial charge is 0.166 e. The molecule has 0 aliphatic heterocycles. The Balaban J connectivity index is 2.67. The summed E-state index contributed by atoms with van der Waals surface area (Å²) < 4.78 is 77.0. The summed E-state index contributed by atoms with van der Waals surface area (Å²) in [5, 5.41) is 0.137. The van der Waals surface area contributed by atoms with Gasteiger partial charge in [0, 0.05) is 0 Å². The Bertz CT molecular complexity index is 703. The Kier molecular flexibility index (Phi) is 4.37. The highest BCUT2D eigenvalue weighted by molar-refractivity contribution is 6.42. The van der Waals surface area contributed by atoms with Crippen LogP contribution in [0.25, 0.3) is 11.1 Å². The van der Waals surface area contributed by atoms with Gasteiger partial charge in [-0.15, -0.1) is 0 Å². The highest BCUT2D eigenvalue weighted by Crippen LogP contribution is 2.41. The van der Waals surface area contributed by atoms with E-state index in [1.54, 1.807) is 0 Å². The van der Waals surface area contributed by atoms with Gasteiger partial charge in [-0.2, -0.15) is 26.3 Å². The van der Waals surface area contributed by atoms with Crippen LogP contribution in [-0.4, -0.2) is 0 Å². The van der Waals surface area contributed by atoms with Gasteiger partial charge in [0.25, 0.3) is 0 Å². The largest absolute Gasteiger partial charge is 0.417 e. The number of rotatable bonds is 1. The maximum atomic E-state index is 13.1. The molecule has 2 aromatic carbocycles. The van der Waals surface area contributed by atoms with E-state index in [4.69, 9.17) is 23.2 Å². The lowest BCUT2D eigenvalue weighted by atomic mass is 9.97. The molecule has 0 N–H and O–H groups in total. The van der Waals surface area contributed by atoms with Crippen LogP contribution in [0.15, 0.2) is 36.4 Å². The van der Waals surface area contributed by atoms with Crippen molar-refractivity contribution in [1.82, 2.24) is 0 Å². The first kappa shape index (κ1) is 17.0. The molecule has 0 nitrogen and oxygen atoms in total. The molecule has 0 fully saturated rings. The molecular weight excluding hydrogens is 353 g/mol. The normalized spacial score (nSPS) is 12.5. The Morgan fingerprint density at radius 2 is 1.32 bits per heavy atom. The summed E-state index contributed by atoms with van der Waals surface area (Å²) >= 11 is 11.4. The average molecular weight is 359 g/mol. The molecule has 0 unspecified atom stereocenters. The van der Waals surface area contributed by atoms with Crippen molar-refractivity contribution in [3.8, 4) is 11.1 Å². The molecule has 118 valence electrons. The van der Waals surface area contributed by atoms with E-state index in [0.717, 1.165) is 6.07 Å². The molecule has 0 aliphatic rings. The lowest BCUT2D eigenvalue weighted by Crippen LogP contribution is -2.12. The van der Waals surface area contributed by atoms with Crippen LogP contribution in [-0.2, 0) is 12.4 Å². The van der Waals surface area contributed by atoms with E-state index < -0.39 is 29.0 Å². The van der Waals surface area contributed by atoms with Crippen LogP contribution in [0.5, 0.6) is 0 Å². The molecule has 0 aromatic heterocycles.